The van der Waals surface area contributed by atoms with Crippen molar-refractivity contribution >= 4 is 22.5 Å². The highest BCUT2D eigenvalue weighted by molar-refractivity contribution is 7.13. The molecule has 5 rings (SSSR count). The Kier molecular flexibility index (Phi) is 3.19. The number of aliphatic imine (C=N–C) groups is 1. The molecule has 4 aliphatic rings. The highest BCUT2D eigenvalue weighted by Crippen LogP contribution is 2.41. The summed E-state index contributed by atoms with van der Waals surface area (Å²) < 4.78 is 6.26. The molecule has 21 heavy (non-hydrogen) atoms. The summed E-state index contributed by atoms with van der Waals surface area (Å²) in [5.74, 6) is 1.12. The number of piperidine rings is 3. The van der Waals surface area contributed by atoms with Crippen molar-refractivity contribution in [3.63, 3.8) is 0 Å². The first-order valence-corrected chi connectivity index (χ1v) is 8.71. The van der Waals surface area contributed by atoms with Crippen LogP contribution in [0.1, 0.15) is 38.3 Å². The van der Waals surface area contributed by atoms with Crippen LogP contribution >= 0.6 is 11.3 Å². The molecule has 1 unspecified atom stereocenters. The largest absolute Gasteiger partial charge is 0.455 e. The number of aromatic nitrogens is 1. The van der Waals surface area contributed by atoms with Crippen LogP contribution in [0.2, 0.25) is 0 Å². The molecular weight excluding hydrogens is 284 g/mol. The van der Waals surface area contributed by atoms with Gasteiger partial charge in [0.2, 0.25) is 0 Å². The Bertz CT molecular complexity index is 562. The minimum absolute atomic E-state index is 0.0724. The van der Waals surface area contributed by atoms with Crippen molar-refractivity contribution in [2.24, 2.45) is 10.9 Å². The number of nitrogens with zero attached hydrogens (tertiary/aromatic N) is 3. The molecule has 0 aliphatic carbocycles. The monoisotopic (exact) mass is 306 g/mol. The van der Waals surface area contributed by atoms with Crippen LogP contribution in [0.4, 0.5) is 5.13 Å². The lowest BCUT2D eigenvalue weighted by molar-refractivity contribution is -0.0829. The van der Waals surface area contributed by atoms with Crippen LogP contribution < -0.4 is 5.32 Å². The maximum atomic E-state index is 6.26. The van der Waals surface area contributed by atoms with Crippen molar-refractivity contribution in [2.75, 3.05) is 31.5 Å². The average molecular weight is 306 g/mol. The Labute approximate surface area is 129 Å². The number of anilines is 1. The molecule has 0 radical (unpaired) electrons. The van der Waals surface area contributed by atoms with Gasteiger partial charge in [-0.05, 0) is 31.8 Å². The lowest BCUT2D eigenvalue weighted by atomic mass is 9.75. The molecule has 5 heterocycles. The first-order valence-electron chi connectivity index (χ1n) is 7.83. The quantitative estimate of drug-likeness (QED) is 0.912. The summed E-state index contributed by atoms with van der Waals surface area (Å²) in [6.45, 7) is 8.58. The number of amidine groups is 1. The average Bonchev–Trinajstić information content (AvgIpc) is 3.09. The molecular formula is C15H22N4OS. The fourth-order valence-electron chi connectivity index (χ4n) is 3.65. The molecule has 0 aromatic carbocycles. The number of nitrogens with one attached hydrogen (secondary N) is 1. The van der Waals surface area contributed by atoms with Crippen LogP contribution in [0.5, 0.6) is 0 Å². The van der Waals surface area contributed by atoms with Gasteiger partial charge >= 0.3 is 0 Å². The van der Waals surface area contributed by atoms with E-state index in [1.54, 1.807) is 11.3 Å². The molecule has 5 nitrogen and oxygen atoms in total. The summed E-state index contributed by atoms with van der Waals surface area (Å²) >= 11 is 1.62. The number of fused-ring (bicyclic) bond motifs is 2. The summed E-state index contributed by atoms with van der Waals surface area (Å²) in [7, 11) is 0. The molecule has 0 saturated carbocycles. The van der Waals surface area contributed by atoms with Gasteiger partial charge in [-0.15, -0.1) is 11.3 Å². The van der Waals surface area contributed by atoms with E-state index in [1.165, 1.54) is 25.9 Å². The van der Waals surface area contributed by atoms with E-state index in [0.717, 1.165) is 23.9 Å². The van der Waals surface area contributed by atoms with E-state index in [1.807, 2.05) is 0 Å². The van der Waals surface area contributed by atoms with E-state index in [2.05, 4.69) is 39.4 Å². The second kappa shape index (κ2) is 4.95. The summed E-state index contributed by atoms with van der Waals surface area (Å²) in [5.41, 5.74) is 1.05. The zero-order valence-corrected chi connectivity index (χ0v) is 13.4. The number of hydrogen-bond acceptors (Lipinski definition) is 6. The molecule has 1 aromatic heterocycles. The molecule has 114 valence electrons. The van der Waals surface area contributed by atoms with E-state index in [9.17, 15) is 0 Å². The summed E-state index contributed by atoms with van der Waals surface area (Å²) in [5, 5.41) is 6.25. The van der Waals surface area contributed by atoms with Gasteiger partial charge in [0.05, 0.1) is 12.2 Å². The zero-order valence-electron chi connectivity index (χ0n) is 12.6. The normalized spacial score (nSPS) is 34.3. The van der Waals surface area contributed by atoms with Crippen LogP contribution in [-0.4, -0.2) is 47.7 Å². The van der Waals surface area contributed by atoms with Crippen LogP contribution in [0.3, 0.4) is 0 Å². The molecule has 0 amide bonds. The second-order valence-electron chi connectivity index (χ2n) is 6.70. The fourth-order valence-corrected chi connectivity index (χ4v) is 4.51. The number of rotatable bonds is 2. The Balaban J connectivity index is 1.44. The Morgan fingerprint density at radius 3 is 2.86 bits per heavy atom. The van der Waals surface area contributed by atoms with Crippen molar-refractivity contribution in [3.05, 3.63) is 11.1 Å². The minimum atomic E-state index is -0.0724. The first-order chi connectivity index (χ1) is 10.1. The van der Waals surface area contributed by atoms with Crippen molar-refractivity contribution in [2.45, 2.75) is 38.2 Å². The zero-order chi connectivity index (χ0) is 14.4. The molecule has 3 saturated heterocycles. The molecule has 1 aromatic rings. The summed E-state index contributed by atoms with van der Waals surface area (Å²) in [4.78, 5) is 11.7. The topological polar surface area (TPSA) is 49.8 Å². The van der Waals surface area contributed by atoms with Crippen LogP contribution in [0, 0.1) is 5.92 Å². The lowest BCUT2D eigenvalue weighted by Crippen LogP contribution is -2.61. The molecule has 3 fully saturated rings. The van der Waals surface area contributed by atoms with Gasteiger partial charge in [-0.25, -0.2) is 9.98 Å². The van der Waals surface area contributed by atoms with Crippen LogP contribution in [0.15, 0.2) is 10.4 Å². The van der Waals surface area contributed by atoms with Gasteiger partial charge in [0.15, 0.2) is 5.13 Å². The minimum Gasteiger partial charge on any atom is -0.455 e. The predicted molar refractivity (Wildman–Crippen MR) is 85.1 cm³/mol. The van der Waals surface area contributed by atoms with Crippen molar-refractivity contribution in [3.8, 4) is 0 Å². The van der Waals surface area contributed by atoms with E-state index < -0.39 is 0 Å². The number of thiazole rings is 1. The Morgan fingerprint density at radius 2 is 2.24 bits per heavy atom. The predicted octanol–water partition coefficient (Wildman–Crippen LogP) is 2.53. The third-order valence-corrected chi connectivity index (χ3v) is 5.72. The van der Waals surface area contributed by atoms with E-state index >= 15 is 0 Å². The molecule has 1 N–H and O–H groups in total. The van der Waals surface area contributed by atoms with Gasteiger partial charge in [-0.2, -0.15) is 0 Å². The van der Waals surface area contributed by atoms with Crippen LogP contribution in [0.25, 0.3) is 0 Å². The van der Waals surface area contributed by atoms with Crippen molar-refractivity contribution in [1.29, 1.82) is 0 Å². The SMILES string of the molecule is CC(C)c1csc(NC2=NCC3(CN4CCC3CC4)O2)n1. The maximum Gasteiger partial charge on any atom is 0.291 e. The van der Waals surface area contributed by atoms with Gasteiger partial charge in [0.25, 0.3) is 6.02 Å². The van der Waals surface area contributed by atoms with Crippen molar-refractivity contribution in [1.82, 2.24) is 9.88 Å². The molecule has 1 spiro atoms. The van der Waals surface area contributed by atoms with Crippen LogP contribution in [-0.2, 0) is 4.74 Å². The Morgan fingerprint density at radius 1 is 1.43 bits per heavy atom. The molecule has 4 aliphatic heterocycles. The highest BCUT2D eigenvalue weighted by atomic mass is 32.1. The van der Waals surface area contributed by atoms with Gasteiger partial charge in [-0.1, -0.05) is 13.8 Å². The van der Waals surface area contributed by atoms with E-state index in [-0.39, 0.29) is 5.60 Å². The first kappa shape index (κ1) is 13.5. The third kappa shape index (κ3) is 2.34. The van der Waals surface area contributed by atoms with Gasteiger partial charge < -0.3 is 4.74 Å². The second-order valence-corrected chi connectivity index (χ2v) is 7.55. The number of hydrogen-bond donors (Lipinski definition) is 1. The third-order valence-electron chi connectivity index (χ3n) is 4.94. The summed E-state index contributed by atoms with van der Waals surface area (Å²) in [6, 6.07) is 0.661. The molecule has 1 atom stereocenters. The molecule has 6 heteroatoms. The number of ether oxygens (including phenoxy) is 1. The highest BCUT2D eigenvalue weighted by Gasteiger charge is 2.51. The van der Waals surface area contributed by atoms with Gasteiger partial charge in [0, 0.05) is 17.8 Å². The van der Waals surface area contributed by atoms with Gasteiger partial charge in [-0.3, -0.25) is 10.2 Å². The standard InChI is InChI=1S/C15H22N4OS/c1-10(2)12-7-21-14(17-12)18-13-16-8-15(20-13)9-19-5-3-11(15)4-6-19/h7,10-11H,3-6,8-9H2,1-2H3,(H,16,17,18). The lowest BCUT2D eigenvalue weighted by Gasteiger charge is -2.50. The maximum absolute atomic E-state index is 6.26. The van der Waals surface area contributed by atoms with E-state index in [0.29, 0.717) is 17.9 Å². The molecule has 2 bridgehead atoms. The Hall–Kier alpha value is -1.14. The van der Waals surface area contributed by atoms with E-state index in [4.69, 9.17) is 4.74 Å². The smallest absolute Gasteiger partial charge is 0.291 e. The summed E-state index contributed by atoms with van der Waals surface area (Å²) in [6.07, 6.45) is 2.50. The van der Waals surface area contributed by atoms with Crippen molar-refractivity contribution < 1.29 is 4.74 Å². The van der Waals surface area contributed by atoms with Gasteiger partial charge in [0.1, 0.15) is 5.60 Å². The fraction of sp³-hybridized carbons (Fsp3) is 0.733.